The summed E-state index contributed by atoms with van der Waals surface area (Å²) in [5.41, 5.74) is 0. The maximum Gasteiger partial charge on any atom is 0.109 e. The molecule has 1 rings (SSSR count). The normalized spacial score (nSPS) is 13.8. The van der Waals surface area contributed by atoms with Gasteiger partial charge in [-0.15, -0.1) is 0 Å². The number of aliphatic hydroxyl groups excluding tert-OH is 1. The third-order valence-corrected chi connectivity index (χ3v) is 1.91. The fraction of sp³-hybridized carbons (Fsp3) is 0.556. The largest absolute Gasteiger partial charge is 0.469 e. The van der Waals surface area contributed by atoms with Crippen LogP contribution in [0.2, 0.25) is 0 Å². The first-order chi connectivity index (χ1) is 5.25. The molecule has 0 saturated carbocycles. The SMILES string of the molecule is CC(C)[C@H](CO)c1ccco1. The van der Waals surface area contributed by atoms with E-state index in [1.807, 2.05) is 12.1 Å². The maximum atomic E-state index is 9.01. The molecular weight excluding hydrogens is 140 g/mol. The zero-order valence-electron chi connectivity index (χ0n) is 6.95. The van der Waals surface area contributed by atoms with E-state index in [0.717, 1.165) is 5.76 Å². The highest BCUT2D eigenvalue weighted by Crippen LogP contribution is 2.23. The Labute approximate surface area is 66.8 Å². The number of hydrogen-bond acceptors (Lipinski definition) is 2. The fourth-order valence-electron chi connectivity index (χ4n) is 1.13. The second-order valence-electron chi connectivity index (χ2n) is 3.05. The lowest BCUT2D eigenvalue weighted by atomic mass is 9.94. The van der Waals surface area contributed by atoms with Gasteiger partial charge in [-0.2, -0.15) is 0 Å². The second kappa shape index (κ2) is 3.58. The van der Waals surface area contributed by atoms with Crippen molar-refractivity contribution in [1.82, 2.24) is 0 Å². The molecule has 0 saturated heterocycles. The second-order valence-corrected chi connectivity index (χ2v) is 3.05. The van der Waals surface area contributed by atoms with Crippen LogP contribution in [0.5, 0.6) is 0 Å². The zero-order valence-corrected chi connectivity index (χ0v) is 6.95. The van der Waals surface area contributed by atoms with Crippen LogP contribution in [0.15, 0.2) is 22.8 Å². The molecule has 0 amide bonds. The number of hydrogen-bond donors (Lipinski definition) is 1. The molecule has 1 aromatic heterocycles. The van der Waals surface area contributed by atoms with Gasteiger partial charge in [0.15, 0.2) is 0 Å². The van der Waals surface area contributed by atoms with Gasteiger partial charge >= 0.3 is 0 Å². The van der Waals surface area contributed by atoms with Gasteiger partial charge in [-0.3, -0.25) is 0 Å². The summed E-state index contributed by atoms with van der Waals surface area (Å²) in [6, 6.07) is 3.75. The molecule has 0 bridgehead atoms. The van der Waals surface area contributed by atoms with Gasteiger partial charge in [0.05, 0.1) is 12.9 Å². The molecule has 0 unspecified atom stereocenters. The Morgan fingerprint density at radius 1 is 1.55 bits per heavy atom. The van der Waals surface area contributed by atoms with Crippen LogP contribution in [0.3, 0.4) is 0 Å². The standard InChI is InChI=1S/C9H14O2/c1-7(2)8(6-10)9-4-3-5-11-9/h3-5,7-8,10H,6H2,1-2H3/t8-/m0/s1. The Kier molecular flexibility index (Phi) is 2.71. The monoisotopic (exact) mass is 154 g/mol. The molecular formula is C9H14O2. The van der Waals surface area contributed by atoms with E-state index in [9.17, 15) is 0 Å². The summed E-state index contributed by atoms with van der Waals surface area (Å²) in [5.74, 6) is 1.44. The van der Waals surface area contributed by atoms with Crippen LogP contribution in [-0.4, -0.2) is 11.7 Å². The predicted octanol–water partition coefficient (Wildman–Crippen LogP) is 2.01. The summed E-state index contributed by atoms with van der Waals surface area (Å²) in [6.45, 7) is 4.30. The summed E-state index contributed by atoms with van der Waals surface area (Å²) in [7, 11) is 0. The van der Waals surface area contributed by atoms with Crippen molar-refractivity contribution in [2.24, 2.45) is 5.92 Å². The molecule has 2 heteroatoms. The average molecular weight is 154 g/mol. The van der Waals surface area contributed by atoms with Gasteiger partial charge in [-0.25, -0.2) is 0 Å². The molecule has 0 spiro atoms. The van der Waals surface area contributed by atoms with E-state index in [1.54, 1.807) is 6.26 Å². The first-order valence-electron chi connectivity index (χ1n) is 3.90. The van der Waals surface area contributed by atoms with Crippen molar-refractivity contribution in [3.63, 3.8) is 0 Å². The molecule has 0 aliphatic carbocycles. The van der Waals surface area contributed by atoms with Crippen LogP contribution in [0.25, 0.3) is 0 Å². The minimum atomic E-state index is 0.144. The van der Waals surface area contributed by atoms with Crippen LogP contribution in [0, 0.1) is 5.92 Å². The van der Waals surface area contributed by atoms with E-state index in [2.05, 4.69) is 13.8 Å². The molecule has 1 atom stereocenters. The Bertz CT molecular complexity index is 189. The average Bonchev–Trinajstić information content (AvgIpc) is 2.40. The first-order valence-corrected chi connectivity index (χ1v) is 3.90. The molecule has 62 valence electrons. The lowest BCUT2D eigenvalue weighted by Gasteiger charge is -2.14. The van der Waals surface area contributed by atoms with Crippen LogP contribution in [0.1, 0.15) is 25.5 Å². The van der Waals surface area contributed by atoms with Crippen LogP contribution in [-0.2, 0) is 0 Å². The van der Waals surface area contributed by atoms with Gasteiger partial charge in [0.1, 0.15) is 5.76 Å². The van der Waals surface area contributed by atoms with Gasteiger partial charge in [0, 0.05) is 5.92 Å². The van der Waals surface area contributed by atoms with E-state index in [0.29, 0.717) is 5.92 Å². The third-order valence-electron chi connectivity index (χ3n) is 1.91. The van der Waals surface area contributed by atoms with Crippen LogP contribution < -0.4 is 0 Å². The van der Waals surface area contributed by atoms with Gasteiger partial charge in [-0.05, 0) is 18.1 Å². The van der Waals surface area contributed by atoms with Crippen LogP contribution in [0.4, 0.5) is 0 Å². The van der Waals surface area contributed by atoms with Gasteiger partial charge < -0.3 is 9.52 Å². The topological polar surface area (TPSA) is 33.4 Å². The number of furan rings is 1. The molecule has 1 heterocycles. The van der Waals surface area contributed by atoms with E-state index < -0.39 is 0 Å². The molecule has 0 aromatic carbocycles. The quantitative estimate of drug-likeness (QED) is 0.722. The van der Waals surface area contributed by atoms with Crippen molar-refractivity contribution in [3.8, 4) is 0 Å². The molecule has 1 N–H and O–H groups in total. The lowest BCUT2D eigenvalue weighted by molar-refractivity contribution is 0.219. The van der Waals surface area contributed by atoms with Crippen molar-refractivity contribution >= 4 is 0 Å². The summed E-state index contributed by atoms with van der Waals surface area (Å²) in [4.78, 5) is 0. The Hall–Kier alpha value is -0.760. The van der Waals surface area contributed by atoms with Crippen molar-refractivity contribution < 1.29 is 9.52 Å². The molecule has 1 aromatic rings. The Morgan fingerprint density at radius 2 is 2.27 bits per heavy atom. The molecule has 2 nitrogen and oxygen atoms in total. The highest BCUT2D eigenvalue weighted by Gasteiger charge is 2.16. The lowest BCUT2D eigenvalue weighted by Crippen LogP contribution is -2.09. The minimum Gasteiger partial charge on any atom is -0.469 e. The zero-order chi connectivity index (χ0) is 8.27. The molecule has 0 radical (unpaired) electrons. The maximum absolute atomic E-state index is 9.01. The minimum absolute atomic E-state index is 0.144. The highest BCUT2D eigenvalue weighted by atomic mass is 16.3. The number of aliphatic hydroxyl groups is 1. The summed E-state index contributed by atoms with van der Waals surface area (Å²) in [6.07, 6.45) is 1.64. The van der Waals surface area contributed by atoms with E-state index in [1.165, 1.54) is 0 Å². The van der Waals surface area contributed by atoms with E-state index in [-0.39, 0.29) is 12.5 Å². The Balaban J connectivity index is 2.71. The smallest absolute Gasteiger partial charge is 0.109 e. The van der Waals surface area contributed by atoms with Crippen molar-refractivity contribution in [2.75, 3.05) is 6.61 Å². The van der Waals surface area contributed by atoms with Crippen molar-refractivity contribution in [1.29, 1.82) is 0 Å². The van der Waals surface area contributed by atoms with Gasteiger partial charge in [0.25, 0.3) is 0 Å². The van der Waals surface area contributed by atoms with Crippen molar-refractivity contribution in [2.45, 2.75) is 19.8 Å². The molecule has 0 aliphatic rings. The summed E-state index contributed by atoms with van der Waals surface area (Å²) >= 11 is 0. The van der Waals surface area contributed by atoms with Crippen LogP contribution >= 0.6 is 0 Å². The predicted molar refractivity (Wildman–Crippen MR) is 43.4 cm³/mol. The van der Waals surface area contributed by atoms with E-state index in [4.69, 9.17) is 9.52 Å². The summed E-state index contributed by atoms with van der Waals surface area (Å²) in [5, 5.41) is 9.01. The van der Waals surface area contributed by atoms with Gasteiger partial charge in [0.2, 0.25) is 0 Å². The molecule has 11 heavy (non-hydrogen) atoms. The Morgan fingerprint density at radius 3 is 2.64 bits per heavy atom. The third kappa shape index (κ3) is 1.84. The van der Waals surface area contributed by atoms with Gasteiger partial charge in [-0.1, -0.05) is 13.8 Å². The highest BCUT2D eigenvalue weighted by molar-refractivity contribution is 5.05. The summed E-state index contributed by atoms with van der Waals surface area (Å²) < 4.78 is 5.19. The molecule has 0 fully saturated rings. The van der Waals surface area contributed by atoms with Crippen molar-refractivity contribution in [3.05, 3.63) is 24.2 Å². The first kappa shape index (κ1) is 8.34. The molecule has 0 aliphatic heterocycles. The fourth-order valence-corrected chi connectivity index (χ4v) is 1.13. The number of rotatable bonds is 3. The van der Waals surface area contributed by atoms with E-state index >= 15 is 0 Å².